The van der Waals surface area contributed by atoms with Gasteiger partial charge in [0.2, 0.25) is 0 Å². The zero-order valence-corrected chi connectivity index (χ0v) is 17.9. The largest absolute Gasteiger partial charge is 0.424 e. The van der Waals surface area contributed by atoms with Gasteiger partial charge in [-0.25, -0.2) is 19.7 Å². The van der Waals surface area contributed by atoms with E-state index in [9.17, 15) is 9.59 Å². The molecule has 0 radical (unpaired) electrons. The van der Waals surface area contributed by atoms with E-state index in [1.165, 1.54) is 12.4 Å². The molecule has 3 amide bonds. The molecule has 8 heteroatoms. The zero-order valence-electron chi connectivity index (χ0n) is 17.9. The van der Waals surface area contributed by atoms with Crippen molar-refractivity contribution in [2.24, 2.45) is 5.41 Å². The van der Waals surface area contributed by atoms with E-state index in [-0.39, 0.29) is 23.4 Å². The van der Waals surface area contributed by atoms with Crippen molar-refractivity contribution in [3.8, 4) is 11.8 Å². The van der Waals surface area contributed by atoms with Gasteiger partial charge in [0.05, 0.1) is 30.8 Å². The molecular formula is C22H26N4O4. The highest BCUT2D eigenvalue weighted by Gasteiger charge is 2.47. The molecule has 1 aromatic heterocycles. The Kier molecular flexibility index (Phi) is 4.77. The Morgan fingerprint density at radius 2 is 1.97 bits per heavy atom. The van der Waals surface area contributed by atoms with Gasteiger partial charge >= 0.3 is 12.0 Å². The van der Waals surface area contributed by atoms with Crippen molar-refractivity contribution in [2.75, 3.05) is 4.90 Å². The number of fused-ring (bicyclic) bond motifs is 1. The van der Waals surface area contributed by atoms with Gasteiger partial charge in [-0.05, 0) is 42.0 Å². The first-order chi connectivity index (χ1) is 14.1. The second-order valence-corrected chi connectivity index (χ2v) is 9.00. The van der Waals surface area contributed by atoms with Gasteiger partial charge in [-0.15, -0.1) is 0 Å². The third-order valence-corrected chi connectivity index (χ3v) is 5.64. The molecule has 2 aliphatic rings. The summed E-state index contributed by atoms with van der Waals surface area (Å²) in [6.45, 7) is 10.6. The molecule has 2 aliphatic heterocycles. The fourth-order valence-electron chi connectivity index (χ4n) is 3.73. The van der Waals surface area contributed by atoms with Gasteiger partial charge in [-0.1, -0.05) is 33.8 Å². The summed E-state index contributed by atoms with van der Waals surface area (Å²) in [5, 5.41) is 2.71. The maximum atomic E-state index is 12.6. The number of aromatic nitrogens is 2. The summed E-state index contributed by atoms with van der Waals surface area (Å²) in [5.74, 6) is 0.286. The Morgan fingerprint density at radius 1 is 1.27 bits per heavy atom. The van der Waals surface area contributed by atoms with E-state index in [1.807, 2.05) is 25.1 Å². The van der Waals surface area contributed by atoms with Crippen LogP contribution >= 0.6 is 0 Å². The number of nitrogens with one attached hydrogen (secondary N) is 1. The van der Waals surface area contributed by atoms with E-state index in [4.69, 9.17) is 9.47 Å². The van der Waals surface area contributed by atoms with Crippen molar-refractivity contribution in [3.63, 3.8) is 0 Å². The first-order valence-corrected chi connectivity index (χ1v) is 10.0. The highest BCUT2D eigenvalue weighted by atomic mass is 16.5. The number of benzene rings is 1. The lowest BCUT2D eigenvalue weighted by atomic mass is 9.84. The zero-order chi connectivity index (χ0) is 21.7. The highest BCUT2D eigenvalue weighted by molar-refractivity contribution is 6.23. The molecule has 0 bridgehead atoms. The average Bonchev–Trinajstić information content (AvgIpc) is 3.21. The number of imide groups is 1. The number of ether oxygens (including phenoxy) is 2. The lowest BCUT2D eigenvalue weighted by Crippen LogP contribution is -2.43. The second kappa shape index (κ2) is 7.05. The molecule has 1 saturated heterocycles. The second-order valence-electron chi connectivity index (χ2n) is 9.00. The summed E-state index contributed by atoms with van der Waals surface area (Å²) in [6, 6.07) is 5.46. The predicted molar refractivity (Wildman–Crippen MR) is 110 cm³/mol. The third kappa shape index (κ3) is 3.41. The molecule has 2 aromatic rings. The SMILES string of the molecule is CC[C@@]1(C)NC(=O)N(c2cnc(Oc3ccc4c(c3)[C@H](C(C)(C)C)OC4)nc2)C1=O. The number of nitrogens with zero attached hydrogens (tertiary/aromatic N) is 3. The van der Waals surface area contributed by atoms with Crippen molar-refractivity contribution < 1.29 is 19.1 Å². The van der Waals surface area contributed by atoms with Crippen LogP contribution in [0.1, 0.15) is 58.3 Å². The summed E-state index contributed by atoms with van der Waals surface area (Å²) in [6.07, 6.45) is 3.31. The Hall–Kier alpha value is -3.00. The number of hydrogen-bond acceptors (Lipinski definition) is 6. The van der Waals surface area contributed by atoms with Crippen LogP contribution in [0.2, 0.25) is 0 Å². The van der Waals surface area contributed by atoms with Gasteiger partial charge in [0.15, 0.2) is 0 Å². The Balaban J connectivity index is 1.53. The van der Waals surface area contributed by atoms with Crippen LogP contribution in [0, 0.1) is 5.41 Å². The topological polar surface area (TPSA) is 93.7 Å². The van der Waals surface area contributed by atoms with Crippen LogP contribution in [-0.4, -0.2) is 27.4 Å². The van der Waals surface area contributed by atoms with Gasteiger partial charge in [0.1, 0.15) is 11.3 Å². The Morgan fingerprint density at radius 3 is 2.57 bits per heavy atom. The van der Waals surface area contributed by atoms with Crippen LogP contribution < -0.4 is 15.0 Å². The average molecular weight is 410 g/mol. The minimum atomic E-state index is -0.914. The number of anilines is 1. The molecule has 158 valence electrons. The molecule has 0 spiro atoms. The number of hydrogen-bond donors (Lipinski definition) is 1. The predicted octanol–water partition coefficient (Wildman–Crippen LogP) is 4.11. The quantitative estimate of drug-likeness (QED) is 0.763. The number of carbonyl (C=O) groups excluding carboxylic acids is 2. The maximum absolute atomic E-state index is 12.6. The van der Waals surface area contributed by atoms with Gasteiger partial charge in [-0.2, -0.15) is 0 Å². The van der Waals surface area contributed by atoms with Crippen LogP contribution in [0.25, 0.3) is 0 Å². The highest BCUT2D eigenvalue weighted by Crippen LogP contribution is 2.44. The Bertz CT molecular complexity index is 999. The number of carbonyl (C=O) groups is 2. The monoisotopic (exact) mass is 410 g/mol. The van der Waals surface area contributed by atoms with E-state index in [0.717, 1.165) is 16.0 Å². The fourth-order valence-corrected chi connectivity index (χ4v) is 3.73. The van der Waals surface area contributed by atoms with E-state index in [0.29, 0.717) is 24.5 Å². The van der Waals surface area contributed by atoms with Gasteiger partial charge in [0.25, 0.3) is 5.91 Å². The lowest BCUT2D eigenvalue weighted by molar-refractivity contribution is -0.121. The van der Waals surface area contributed by atoms with Gasteiger partial charge < -0.3 is 14.8 Å². The smallest absolute Gasteiger partial charge is 0.329 e. The normalized spacial score (nSPS) is 23.5. The van der Waals surface area contributed by atoms with Crippen molar-refractivity contribution in [3.05, 3.63) is 41.7 Å². The van der Waals surface area contributed by atoms with Crippen molar-refractivity contribution in [1.29, 1.82) is 0 Å². The van der Waals surface area contributed by atoms with E-state index in [1.54, 1.807) is 6.92 Å². The molecular weight excluding hydrogens is 384 g/mol. The molecule has 30 heavy (non-hydrogen) atoms. The Labute approximate surface area is 175 Å². The molecule has 3 heterocycles. The molecule has 0 aliphatic carbocycles. The molecule has 1 aromatic carbocycles. The fraction of sp³-hybridized carbons (Fsp3) is 0.455. The standard InChI is InChI=1S/C22H26N4O4/c1-6-22(5)18(27)26(20(28)25-22)14-10-23-19(24-11-14)30-15-8-7-13-12-29-17(16(13)9-15)21(2,3)4/h7-11,17H,6,12H2,1-5H3,(H,25,28)/t17-,22-/m1/s1. The molecule has 1 N–H and O–H groups in total. The summed E-state index contributed by atoms with van der Waals surface area (Å²) in [4.78, 5) is 34.3. The summed E-state index contributed by atoms with van der Waals surface area (Å²) >= 11 is 0. The lowest BCUT2D eigenvalue weighted by Gasteiger charge is -2.26. The minimum Gasteiger partial charge on any atom is -0.424 e. The molecule has 8 nitrogen and oxygen atoms in total. The van der Waals surface area contributed by atoms with Crippen LogP contribution in [0.4, 0.5) is 10.5 Å². The molecule has 2 atom stereocenters. The summed E-state index contributed by atoms with van der Waals surface area (Å²) < 4.78 is 11.8. The number of urea groups is 1. The van der Waals surface area contributed by atoms with Gasteiger partial charge in [0, 0.05) is 0 Å². The van der Waals surface area contributed by atoms with Crippen molar-refractivity contribution in [1.82, 2.24) is 15.3 Å². The van der Waals surface area contributed by atoms with Crippen LogP contribution in [0.15, 0.2) is 30.6 Å². The summed E-state index contributed by atoms with van der Waals surface area (Å²) in [5.41, 5.74) is 1.61. The van der Waals surface area contributed by atoms with Gasteiger partial charge in [-0.3, -0.25) is 4.79 Å². The minimum absolute atomic E-state index is 0.00749. The molecule has 1 fully saturated rings. The molecule has 4 rings (SSSR count). The van der Waals surface area contributed by atoms with Crippen LogP contribution in [0.3, 0.4) is 0 Å². The van der Waals surface area contributed by atoms with E-state index >= 15 is 0 Å². The summed E-state index contributed by atoms with van der Waals surface area (Å²) in [7, 11) is 0. The molecule has 0 saturated carbocycles. The van der Waals surface area contributed by atoms with Crippen LogP contribution in [0.5, 0.6) is 11.8 Å². The van der Waals surface area contributed by atoms with E-state index in [2.05, 4.69) is 36.1 Å². The first-order valence-electron chi connectivity index (χ1n) is 10.0. The molecule has 0 unspecified atom stereocenters. The number of rotatable bonds is 4. The first kappa shape index (κ1) is 20.3. The van der Waals surface area contributed by atoms with Crippen molar-refractivity contribution in [2.45, 2.75) is 59.3 Å². The van der Waals surface area contributed by atoms with Crippen molar-refractivity contribution >= 4 is 17.6 Å². The maximum Gasteiger partial charge on any atom is 0.329 e. The van der Waals surface area contributed by atoms with Crippen LogP contribution in [-0.2, 0) is 16.1 Å². The third-order valence-electron chi connectivity index (χ3n) is 5.64. The number of amides is 3. The van der Waals surface area contributed by atoms with E-state index < -0.39 is 11.6 Å².